The van der Waals surface area contributed by atoms with Crippen molar-refractivity contribution in [3.63, 3.8) is 0 Å². The highest BCUT2D eigenvalue weighted by molar-refractivity contribution is 9.09. The van der Waals surface area contributed by atoms with Crippen molar-refractivity contribution in [2.75, 3.05) is 26.3 Å². The lowest BCUT2D eigenvalue weighted by molar-refractivity contribution is -0.153. The van der Waals surface area contributed by atoms with E-state index in [1.54, 1.807) is 24.8 Å². The Labute approximate surface area is 227 Å². The van der Waals surface area contributed by atoms with Gasteiger partial charge in [-0.1, -0.05) is 54.1 Å². The molecule has 3 heterocycles. The summed E-state index contributed by atoms with van der Waals surface area (Å²) in [4.78, 5) is 45.5. The zero-order valence-electron chi connectivity index (χ0n) is 21.4. The van der Waals surface area contributed by atoms with Crippen molar-refractivity contribution < 1.29 is 24.2 Å². The van der Waals surface area contributed by atoms with Crippen LogP contribution in [0.2, 0.25) is 0 Å². The second-order valence-electron chi connectivity index (χ2n) is 10.7. The van der Waals surface area contributed by atoms with Crippen molar-refractivity contribution in [1.29, 1.82) is 0 Å². The van der Waals surface area contributed by atoms with Gasteiger partial charge < -0.3 is 19.6 Å². The van der Waals surface area contributed by atoms with Crippen LogP contribution in [0.3, 0.4) is 0 Å². The molecule has 4 rings (SSSR count). The number of likely N-dealkylation sites (tertiary alicyclic amines) is 1. The summed E-state index contributed by atoms with van der Waals surface area (Å²) in [6.45, 7) is 7.14. The van der Waals surface area contributed by atoms with Crippen LogP contribution in [-0.4, -0.2) is 85.9 Å². The molecule has 2 bridgehead atoms. The smallest absolute Gasteiger partial charge is 0.310 e. The Kier molecular flexibility index (Phi) is 9.48. The lowest BCUT2D eigenvalue weighted by atomic mass is 9.71. The van der Waals surface area contributed by atoms with Crippen LogP contribution in [0.5, 0.6) is 0 Å². The number of fused-ring (bicyclic) bond motifs is 1. The molecule has 2 amide bonds. The summed E-state index contributed by atoms with van der Waals surface area (Å²) < 4.78 is 4.82. The summed E-state index contributed by atoms with van der Waals surface area (Å²) in [5.74, 6) is -1.41. The van der Waals surface area contributed by atoms with Crippen LogP contribution in [0, 0.1) is 11.8 Å². The average molecular weight is 586 g/mol. The van der Waals surface area contributed by atoms with Crippen LogP contribution < -0.4 is 0 Å². The van der Waals surface area contributed by atoms with E-state index in [2.05, 4.69) is 22.5 Å². The third kappa shape index (κ3) is 5.00. The van der Waals surface area contributed by atoms with Gasteiger partial charge in [0.15, 0.2) is 0 Å². The molecule has 1 saturated carbocycles. The molecule has 9 heteroatoms. The fourth-order valence-electron chi connectivity index (χ4n) is 7.01. The normalized spacial score (nSPS) is 33.6. The first-order valence-corrected chi connectivity index (χ1v) is 15.5. The second kappa shape index (κ2) is 12.2. The van der Waals surface area contributed by atoms with E-state index in [1.807, 2.05) is 9.80 Å². The Morgan fingerprint density at radius 3 is 2.64 bits per heavy atom. The summed E-state index contributed by atoms with van der Waals surface area (Å²) in [7, 11) is 0. The number of alkyl halides is 1. The summed E-state index contributed by atoms with van der Waals surface area (Å²) >= 11 is 5.48. The van der Waals surface area contributed by atoms with Gasteiger partial charge in [0.2, 0.25) is 11.8 Å². The molecule has 202 valence electrons. The molecule has 7 nitrogen and oxygen atoms in total. The SMILES string of the molecule is C=CCN(C(=O)C1N(CCCCCCO)C(=O)[C@@H]2[C@H](C(=O)OCC)[C@H]3SC12CC3Br)C1CCCCC1. The van der Waals surface area contributed by atoms with Gasteiger partial charge in [-0.3, -0.25) is 14.4 Å². The maximum Gasteiger partial charge on any atom is 0.310 e. The number of ether oxygens (including phenoxy) is 1. The molecule has 36 heavy (non-hydrogen) atoms. The predicted octanol–water partition coefficient (Wildman–Crippen LogP) is 3.91. The van der Waals surface area contributed by atoms with Gasteiger partial charge in [0.1, 0.15) is 6.04 Å². The number of carbonyl (C=O) groups is 3. The minimum Gasteiger partial charge on any atom is -0.466 e. The van der Waals surface area contributed by atoms with Gasteiger partial charge in [-0.05, 0) is 39.0 Å². The molecule has 3 saturated heterocycles. The van der Waals surface area contributed by atoms with E-state index in [0.717, 1.165) is 51.4 Å². The van der Waals surface area contributed by atoms with Gasteiger partial charge in [-0.15, -0.1) is 18.3 Å². The van der Waals surface area contributed by atoms with Gasteiger partial charge in [0.05, 0.1) is 23.2 Å². The minimum atomic E-state index is -0.621. The third-order valence-corrected chi connectivity index (χ3v) is 11.7. The molecule has 3 unspecified atom stereocenters. The van der Waals surface area contributed by atoms with Crippen LogP contribution in [0.15, 0.2) is 12.7 Å². The van der Waals surface area contributed by atoms with Gasteiger partial charge in [0, 0.05) is 35.8 Å². The maximum absolute atomic E-state index is 14.5. The predicted molar refractivity (Wildman–Crippen MR) is 145 cm³/mol. The van der Waals surface area contributed by atoms with E-state index in [4.69, 9.17) is 9.84 Å². The Bertz CT molecular complexity index is 837. The van der Waals surface area contributed by atoms with Crippen LogP contribution in [0.4, 0.5) is 0 Å². The number of hydrogen-bond acceptors (Lipinski definition) is 6. The van der Waals surface area contributed by atoms with Crippen molar-refractivity contribution in [2.45, 2.75) is 98.0 Å². The number of rotatable bonds is 12. The molecular weight excluding hydrogens is 544 g/mol. The first-order valence-electron chi connectivity index (χ1n) is 13.7. The van der Waals surface area contributed by atoms with E-state index in [9.17, 15) is 14.4 Å². The molecule has 4 aliphatic rings. The molecule has 1 spiro atoms. The zero-order valence-corrected chi connectivity index (χ0v) is 23.8. The first-order chi connectivity index (χ1) is 17.4. The summed E-state index contributed by atoms with van der Waals surface area (Å²) in [6.07, 6.45) is 11.2. The highest BCUT2D eigenvalue weighted by Crippen LogP contribution is 2.68. The highest BCUT2D eigenvalue weighted by atomic mass is 79.9. The molecule has 0 aromatic carbocycles. The number of halogens is 1. The van der Waals surface area contributed by atoms with Crippen LogP contribution in [-0.2, 0) is 19.1 Å². The number of hydrogen-bond donors (Lipinski definition) is 1. The van der Waals surface area contributed by atoms with Crippen LogP contribution >= 0.6 is 27.7 Å². The monoisotopic (exact) mass is 584 g/mol. The van der Waals surface area contributed by atoms with E-state index < -0.39 is 22.6 Å². The number of esters is 1. The van der Waals surface area contributed by atoms with Crippen molar-refractivity contribution in [3.8, 4) is 0 Å². The number of amides is 2. The molecule has 1 N–H and O–H groups in total. The quantitative estimate of drug-likeness (QED) is 0.162. The largest absolute Gasteiger partial charge is 0.466 e. The van der Waals surface area contributed by atoms with Gasteiger partial charge >= 0.3 is 5.97 Å². The number of aliphatic hydroxyl groups excluding tert-OH is 1. The van der Waals surface area contributed by atoms with E-state index in [-0.39, 0.29) is 47.1 Å². The molecule has 1 aliphatic carbocycles. The van der Waals surface area contributed by atoms with Gasteiger partial charge in [-0.25, -0.2) is 0 Å². The Morgan fingerprint density at radius 2 is 1.97 bits per heavy atom. The molecule has 0 aromatic heterocycles. The number of nitrogens with zero attached hydrogens (tertiary/aromatic N) is 2. The molecule has 4 fully saturated rings. The number of thioether (sulfide) groups is 1. The standard InChI is InChI=1S/C27H41BrN2O5S/c1-3-14-29(18-12-8-7-9-13-18)25(33)23-27-17-19(28)22(36-27)20(26(34)35-4-2)21(27)24(32)30(23)15-10-5-6-11-16-31/h3,18-23,31H,1,4-17H2,2H3/t19?,20-,21-,22-,23?,27?/m0/s1. The molecule has 6 atom stereocenters. The summed E-state index contributed by atoms with van der Waals surface area (Å²) in [5.41, 5.74) is 0. The molecule has 0 radical (unpaired) electrons. The lowest BCUT2D eigenvalue weighted by Gasteiger charge is -2.41. The second-order valence-corrected chi connectivity index (χ2v) is 13.4. The summed E-state index contributed by atoms with van der Waals surface area (Å²) in [6, 6.07) is -0.408. The Morgan fingerprint density at radius 1 is 1.25 bits per heavy atom. The molecule has 3 aliphatic heterocycles. The Hall–Kier alpha value is -1.06. The Balaban J connectivity index is 1.67. The molecule has 0 aromatic rings. The number of unbranched alkanes of at least 4 members (excludes halogenated alkanes) is 3. The molecular formula is C27H41BrN2O5S. The van der Waals surface area contributed by atoms with E-state index in [0.29, 0.717) is 19.5 Å². The lowest BCUT2D eigenvalue weighted by Crippen LogP contribution is -2.57. The number of carbonyl (C=O) groups excluding carboxylic acids is 3. The van der Waals surface area contributed by atoms with Gasteiger partial charge in [-0.2, -0.15) is 0 Å². The van der Waals surface area contributed by atoms with Crippen molar-refractivity contribution >= 4 is 45.5 Å². The topological polar surface area (TPSA) is 87.2 Å². The summed E-state index contributed by atoms with van der Waals surface area (Å²) in [5, 5.41) is 9.06. The average Bonchev–Trinajstić information content (AvgIpc) is 3.46. The zero-order chi connectivity index (χ0) is 25.9. The van der Waals surface area contributed by atoms with E-state index in [1.165, 1.54) is 6.42 Å². The number of aliphatic hydroxyl groups is 1. The van der Waals surface area contributed by atoms with Crippen molar-refractivity contribution in [3.05, 3.63) is 12.7 Å². The fourth-order valence-corrected chi connectivity index (χ4v) is 10.6. The van der Waals surface area contributed by atoms with Crippen LogP contribution in [0.25, 0.3) is 0 Å². The van der Waals surface area contributed by atoms with Crippen molar-refractivity contribution in [2.24, 2.45) is 11.8 Å². The van der Waals surface area contributed by atoms with E-state index >= 15 is 0 Å². The highest BCUT2D eigenvalue weighted by Gasteiger charge is 2.76. The first kappa shape index (κ1) is 28.0. The van der Waals surface area contributed by atoms with Crippen molar-refractivity contribution in [1.82, 2.24) is 9.80 Å². The fraction of sp³-hybridized carbons (Fsp3) is 0.815. The third-order valence-electron chi connectivity index (χ3n) is 8.51. The van der Waals surface area contributed by atoms with Gasteiger partial charge in [0.25, 0.3) is 0 Å². The van der Waals surface area contributed by atoms with Crippen LogP contribution in [0.1, 0.15) is 71.1 Å². The maximum atomic E-state index is 14.5. The minimum absolute atomic E-state index is 0.0189.